The summed E-state index contributed by atoms with van der Waals surface area (Å²) in [5.41, 5.74) is 10.2. The van der Waals surface area contributed by atoms with E-state index in [1.807, 2.05) is 12.1 Å². The van der Waals surface area contributed by atoms with Crippen LogP contribution < -0.4 is 0 Å². The first kappa shape index (κ1) is 33.7. The zero-order chi connectivity index (χ0) is 35.7. The van der Waals surface area contributed by atoms with E-state index in [4.69, 9.17) is 9.98 Å². The van der Waals surface area contributed by atoms with Crippen LogP contribution in [0.2, 0.25) is 0 Å². The van der Waals surface area contributed by atoms with Gasteiger partial charge in [-0.05, 0) is 84.6 Å². The predicted octanol–water partition coefficient (Wildman–Crippen LogP) is 11.8. The molecular weight excluding hydrogens is 633 g/mol. The molecule has 0 amide bonds. The number of aliphatic imine (C=N–C) groups is 2. The van der Waals surface area contributed by atoms with E-state index < -0.39 is 0 Å². The molecule has 258 valence electrons. The number of para-hydroxylation sites is 2. The Labute approximate surface area is 308 Å². The summed E-state index contributed by atoms with van der Waals surface area (Å²) in [5, 5.41) is 5.34. The molecule has 0 saturated heterocycles. The molecule has 0 spiro atoms. The lowest BCUT2D eigenvalue weighted by molar-refractivity contribution is -0.403. The topological polar surface area (TPSA) is 30.7 Å². The molecule has 2 aliphatic heterocycles. The lowest BCUT2D eigenvalue weighted by Crippen LogP contribution is -2.34. The first-order valence-corrected chi connectivity index (χ1v) is 18.8. The van der Waals surface area contributed by atoms with Crippen LogP contribution in [0.5, 0.6) is 0 Å². The molecule has 52 heavy (non-hydrogen) atoms. The summed E-state index contributed by atoms with van der Waals surface area (Å²) >= 11 is 0. The minimum atomic E-state index is -0.111. The molecule has 4 nitrogen and oxygen atoms in total. The highest BCUT2D eigenvalue weighted by molar-refractivity contribution is 6.08. The smallest absolute Gasteiger partial charge is 0.209 e. The first-order chi connectivity index (χ1) is 25.4. The molecule has 2 atom stereocenters. The summed E-state index contributed by atoms with van der Waals surface area (Å²) in [6, 6.07) is 47.6. The number of fused-ring (bicyclic) bond motifs is 6. The van der Waals surface area contributed by atoms with Crippen LogP contribution in [0.3, 0.4) is 0 Å². The Hall–Kier alpha value is -5.48. The van der Waals surface area contributed by atoms with Gasteiger partial charge in [-0.3, -0.25) is 9.98 Å². The second-order valence-electron chi connectivity index (χ2n) is 14.9. The normalized spacial score (nSPS) is 19.8. The van der Waals surface area contributed by atoms with Gasteiger partial charge in [0.2, 0.25) is 11.4 Å². The summed E-state index contributed by atoms with van der Waals surface area (Å²) in [4.78, 5) is 9.74. The maximum Gasteiger partial charge on any atom is 0.209 e. The maximum atomic E-state index is 4.87. The van der Waals surface area contributed by atoms with Crippen molar-refractivity contribution in [3.8, 4) is 0 Å². The van der Waals surface area contributed by atoms with Crippen LogP contribution in [0.15, 0.2) is 143 Å². The van der Waals surface area contributed by atoms with Gasteiger partial charge in [0.05, 0.1) is 35.0 Å². The second kappa shape index (κ2) is 13.9. The number of hydrogen-bond donors (Lipinski definition) is 0. The zero-order valence-corrected chi connectivity index (χ0v) is 30.9. The van der Waals surface area contributed by atoms with Crippen LogP contribution in [0.4, 0.5) is 22.7 Å². The van der Waals surface area contributed by atoms with Crippen molar-refractivity contribution in [2.24, 2.45) is 9.98 Å². The van der Waals surface area contributed by atoms with E-state index in [1.54, 1.807) is 0 Å². The summed E-state index contributed by atoms with van der Waals surface area (Å²) in [5.74, 6) is 0. The standard InChI is InChI=1S/C48H48N4/c1-47(43(29-33-49-37-19-7-5-8-20-37)51(3)41-27-25-35-17-11-13-23-39(35)45(41)47)31-15-16-32-48(2)44(30-34-50-38-21-9-6-10-22-38)52(4)42-28-26-36-18-12-14-24-40(36)46(42)48/h5-14,17-28,33-34H,15-16,29-32H2,1-4H3/q+2. The average molecular weight is 681 g/mol. The Balaban J connectivity index is 1.10. The Bertz CT molecular complexity index is 2230. The van der Waals surface area contributed by atoms with Gasteiger partial charge < -0.3 is 0 Å². The molecule has 0 N–H and O–H groups in total. The number of hydrogen-bond acceptors (Lipinski definition) is 2. The third kappa shape index (κ3) is 5.90. The van der Waals surface area contributed by atoms with Crippen molar-refractivity contribution in [2.45, 2.75) is 63.2 Å². The van der Waals surface area contributed by atoms with E-state index in [0.717, 1.165) is 49.9 Å². The number of rotatable bonds is 11. The first-order valence-electron chi connectivity index (χ1n) is 18.8. The van der Waals surface area contributed by atoms with Crippen LogP contribution >= 0.6 is 0 Å². The van der Waals surface area contributed by atoms with Crippen molar-refractivity contribution in [3.63, 3.8) is 0 Å². The molecule has 8 rings (SSSR count). The van der Waals surface area contributed by atoms with E-state index in [2.05, 4.69) is 171 Å². The molecule has 0 aliphatic carbocycles. The maximum absolute atomic E-state index is 4.87. The van der Waals surface area contributed by atoms with Crippen molar-refractivity contribution in [1.29, 1.82) is 0 Å². The van der Waals surface area contributed by atoms with Gasteiger partial charge >= 0.3 is 0 Å². The molecule has 2 heterocycles. The highest BCUT2D eigenvalue weighted by atomic mass is 15.0. The minimum Gasteiger partial charge on any atom is -0.261 e. The van der Waals surface area contributed by atoms with Gasteiger partial charge in [0.15, 0.2) is 11.4 Å². The predicted molar refractivity (Wildman–Crippen MR) is 221 cm³/mol. The molecule has 6 aromatic rings. The molecule has 6 aromatic carbocycles. The number of nitrogens with zero attached hydrogens (tertiary/aromatic N) is 4. The summed E-state index contributed by atoms with van der Waals surface area (Å²) in [6.07, 6.45) is 10.2. The highest BCUT2D eigenvalue weighted by Crippen LogP contribution is 2.49. The molecular formula is C48H48N4+2. The molecule has 0 bridgehead atoms. The van der Waals surface area contributed by atoms with Crippen molar-refractivity contribution >= 4 is 68.1 Å². The number of benzene rings is 6. The van der Waals surface area contributed by atoms with Gasteiger partial charge in [-0.2, -0.15) is 0 Å². The highest BCUT2D eigenvalue weighted by Gasteiger charge is 2.50. The largest absolute Gasteiger partial charge is 0.261 e. The summed E-state index contributed by atoms with van der Waals surface area (Å²) in [6.45, 7) is 4.97. The van der Waals surface area contributed by atoms with E-state index in [9.17, 15) is 0 Å². The zero-order valence-electron chi connectivity index (χ0n) is 30.9. The fourth-order valence-corrected chi connectivity index (χ4v) is 9.28. The second-order valence-corrected chi connectivity index (χ2v) is 14.9. The Kier molecular flexibility index (Phi) is 9.01. The third-order valence-corrected chi connectivity index (χ3v) is 11.9. The monoisotopic (exact) mass is 680 g/mol. The Morgan fingerprint density at radius 1 is 0.481 bits per heavy atom. The van der Waals surface area contributed by atoms with Crippen LogP contribution in [-0.2, 0) is 10.8 Å². The van der Waals surface area contributed by atoms with Crippen LogP contribution in [0.25, 0.3) is 21.5 Å². The fraction of sp³-hybridized carbons (Fsp3) is 0.250. The van der Waals surface area contributed by atoms with Crippen molar-refractivity contribution in [2.75, 3.05) is 14.1 Å². The van der Waals surface area contributed by atoms with Gasteiger partial charge in [0.25, 0.3) is 0 Å². The van der Waals surface area contributed by atoms with Crippen LogP contribution in [0, 0.1) is 0 Å². The molecule has 0 aromatic heterocycles. The van der Waals surface area contributed by atoms with Crippen molar-refractivity contribution < 1.29 is 9.15 Å². The van der Waals surface area contributed by atoms with E-state index in [0.29, 0.717) is 0 Å². The fourth-order valence-electron chi connectivity index (χ4n) is 9.28. The summed E-state index contributed by atoms with van der Waals surface area (Å²) < 4.78 is 4.90. The van der Waals surface area contributed by atoms with Gasteiger partial charge in [-0.15, -0.1) is 0 Å². The van der Waals surface area contributed by atoms with Gasteiger partial charge in [0, 0.05) is 35.7 Å². The van der Waals surface area contributed by atoms with E-state index in [-0.39, 0.29) is 10.8 Å². The molecule has 0 radical (unpaired) electrons. The minimum absolute atomic E-state index is 0.111. The third-order valence-electron chi connectivity index (χ3n) is 11.9. The quantitative estimate of drug-likeness (QED) is 0.0741. The Morgan fingerprint density at radius 2 is 0.865 bits per heavy atom. The van der Waals surface area contributed by atoms with Gasteiger partial charge in [-0.25, -0.2) is 9.15 Å². The van der Waals surface area contributed by atoms with Crippen LogP contribution in [-0.4, -0.2) is 47.1 Å². The summed E-state index contributed by atoms with van der Waals surface area (Å²) in [7, 11) is 4.50. The van der Waals surface area contributed by atoms with Crippen molar-refractivity contribution in [1.82, 2.24) is 0 Å². The SMILES string of the molecule is C[N+]1=C(CC=Nc2ccccc2)C(C)(CCCCC2(C)C(CC=Nc3ccccc3)=[N+](C)c3ccc4ccccc4c32)c2c1ccc1ccccc21. The van der Waals surface area contributed by atoms with E-state index >= 15 is 0 Å². The van der Waals surface area contributed by atoms with Gasteiger partial charge in [0.1, 0.15) is 14.1 Å². The molecule has 2 unspecified atom stereocenters. The molecule has 2 aliphatic rings. The van der Waals surface area contributed by atoms with E-state index in [1.165, 1.54) is 55.5 Å². The van der Waals surface area contributed by atoms with Gasteiger partial charge in [-0.1, -0.05) is 97.8 Å². The molecule has 0 fully saturated rings. The van der Waals surface area contributed by atoms with Crippen LogP contribution in [0.1, 0.15) is 63.5 Å². The number of unbranched alkanes of at least 4 members (excludes halogenated alkanes) is 1. The Morgan fingerprint density at radius 3 is 1.29 bits per heavy atom. The average Bonchev–Trinajstić information content (AvgIpc) is 3.53. The lowest BCUT2D eigenvalue weighted by atomic mass is 9.70. The molecule has 4 heteroatoms. The van der Waals surface area contributed by atoms with Crippen molar-refractivity contribution in [3.05, 3.63) is 145 Å². The molecule has 0 saturated carbocycles. The lowest BCUT2D eigenvalue weighted by Gasteiger charge is -2.27.